The van der Waals surface area contributed by atoms with E-state index in [1.807, 2.05) is 6.92 Å². The highest BCUT2D eigenvalue weighted by atomic mass is 16.5. The van der Waals surface area contributed by atoms with Gasteiger partial charge in [-0.05, 0) is 6.42 Å². The maximum absolute atomic E-state index is 10.1. The topological polar surface area (TPSA) is 41.6 Å². The highest BCUT2D eigenvalue weighted by Crippen LogP contribution is 2.03. The van der Waals surface area contributed by atoms with E-state index in [0.717, 1.165) is 32.7 Å². The van der Waals surface area contributed by atoms with Gasteiger partial charge in [0, 0.05) is 13.1 Å². The van der Waals surface area contributed by atoms with Crippen molar-refractivity contribution in [2.24, 2.45) is 0 Å². The maximum atomic E-state index is 10.1. The first-order valence-electron chi connectivity index (χ1n) is 4.33. The van der Waals surface area contributed by atoms with Crippen molar-refractivity contribution in [3.05, 3.63) is 0 Å². The molecule has 0 saturated carbocycles. The van der Waals surface area contributed by atoms with Gasteiger partial charge in [-0.3, -0.25) is 9.69 Å². The van der Waals surface area contributed by atoms with Crippen molar-refractivity contribution < 1.29 is 9.53 Å². The van der Waals surface area contributed by atoms with Crippen LogP contribution in [0.15, 0.2) is 0 Å². The largest absolute Gasteiger partial charge is 0.379 e. The Bertz CT molecular complexity index is 135. The van der Waals surface area contributed by atoms with E-state index in [4.69, 9.17) is 4.74 Å². The summed E-state index contributed by atoms with van der Waals surface area (Å²) in [5.41, 5.74) is 0. The van der Waals surface area contributed by atoms with Gasteiger partial charge in [0.25, 0.3) is 0 Å². The zero-order chi connectivity index (χ0) is 8.81. The van der Waals surface area contributed by atoms with E-state index >= 15 is 0 Å². The Hall–Kier alpha value is -0.610. The summed E-state index contributed by atoms with van der Waals surface area (Å²) in [5.74, 6) is 0. The van der Waals surface area contributed by atoms with Crippen LogP contribution in [0.4, 0.5) is 0 Å². The van der Waals surface area contributed by atoms with Crippen LogP contribution in [0.2, 0.25) is 0 Å². The average molecular weight is 171 g/mol. The Morgan fingerprint density at radius 3 is 2.75 bits per heavy atom. The predicted molar refractivity (Wildman–Crippen MR) is 45.3 cm³/mol. The molecular weight excluding hydrogens is 156 g/mol. The Labute approximate surface area is 72.9 Å². The minimum atomic E-state index is 0.131. The van der Waals surface area contributed by atoms with Gasteiger partial charge in [0.1, 0.15) is 0 Å². The lowest BCUT2D eigenvalue weighted by molar-refractivity contribution is 0.0123. The van der Waals surface area contributed by atoms with E-state index in [1.165, 1.54) is 0 Å². The van der Waals surface area contributed by atoms with E-state index in [0.29, 0.717) is 0 Å². The highest BCUT2D eigenvalue weighted by Gasteiger charge is 2.18. The normalized spacial score (nSPS) is 21.8. The van der Waals surface area contributed by atoms with Crippen LogP contribution in [0.1, 0.15) is 13.3 Å². The van der Waals surface area contributed by atoms with E-state index in [1.54, 1.807) is 6.41 Å². The van der Waals surface area contributed by atoms with E-state index in [2.05, 4.69) is 10.2 Å². The molecule has 1 saturated heterocycles. The van der Waals surface area contributed by atoms with Gasteiger partial charge in [-0.1, -0.05) is 6.92 Å². The fraction of sp³-hybridized carbons (Fsp3) is 0.875. The molecule has 4 heteroatoms. The number of ether oxygens (including phenoxy) is 1. The molecule has 1 unspecified atom stereocenters. The Kier molecular flexibility index (Phi) is 4.04. The molecule has 1 heterocycles. The second-order valence-electron chi connectivity index (χ2n) is 2.82. The third kappa shape index (κ3) is 2.46. The molecule has 1 aliphatic rings. The molecule has 1 atom stereocenters. The van der Waals surface area contributed by atoms with Gasteiger partial charge in [0.15, 0.2) is 0 Å². The summed E-state index contributed by atoms with van der Waals surface area (Å²) < 4.78 is 5.20. The van der Waals surface area contributed by atoms with Crippen molar-refractivity contribution in [1.29, 1.82) is 0 Å². The Balaban J connectivity index is 2.34. The monoisotopic (exact) mass is 171 g/mol. The molecule has 0 aliphatic carbocycles. The summed E-state index contributed by atoms with van der Waals surface area (Å²) in [4.78, 5) is 12.3. The van der Waals surface area contributed by atoms with Crippen LogP contribution in [0.25, 0.3) is 0 Å². The van der Waals surface area contributed by atoms with E-state index < -0.39 is 0 Å². The van der Waals surface area contributed by atoms with E-state index in [-0.39, 0.29) is 6.17 Å². The summed E-state index contributed by atoms with van der Waals surface area (Å²) in [5, 5.41) is 2.67. The zero-order valence-electron chi connectivity index (χ0n) is 7.38. The van der Waals surface area contributed by atoms with Crippen LogP contribution in [0, 0.1) is 0 Å². The fourth-order valence-electron chi connectivity index (χ4n) is 1.41. The van der Waals surface area contributed by atoms with Crippen LogP contribution >= 0.6 is 0 Å². The Morgan fingerprint density at radius 2 is 2.25 bits per heavy atom. The van der Waals surface area contributed by atoms with Gasteiger partial charge in [0.2, 0.25) is 0 Å². The Morgan fingerprint density at radius 1 is 1.58 bits per heavy atom. The van der Waals surface area contributed by atoms with Gasteiger partial charge in [-0.2, -0.15) is 0 Å². The zero-order valence-corrected chi connectivity index (χ0v) is 7.38. The van der Waals surface area contributed by atoms with Crippen molar-refractivity contribution in [3.63, 3.8) is 0 Å². The number of amides is 1. The summed E-state index contributed by atoms with van der Waals surface area (Å²) in [6, 6.07) is 0. The molecule has 0 aromatic rings. The quantitative estimate of drug-likeness (QED) is 0.591. The third-order valence-electron chi connectivity index (χ3n) is 2.10. The van der Waals surface area contributed by atoms with Crippen LogP contribution < -0.4 is 5.32 Å². The predicted octanol–water partition coefficient (Wildman–Crippen LogP) is -0.289. The second-order valence-corrected chi connectivity index (χ2v) is 2.82. The fourth-order valence-corrected chi connectivity index (χ4v) is 1.41. The van der Waals surface area contributed by atoms with Gasteiger partial charge >= 0.3 is 6.41 Å². The van der Waals surface area contributed by atoms with Gasteiger partial charge in [0.05, 0.1) is 19.4 Å². The molecule has 69 valence electrons. The first kappa shape index (κ1) is 9.48. The summed E-state index contributed by atoms with van der Waals surface area (Å²) in [6.07, 6.45) is 2.78. The summed E-state index contributed by atoms with van der Waals surface area (Å²) >= 11 is 0. The smallest absolute Gasteiger partial charge is 0.310 e. The van der Waals surface area contributed by atoms with Gasteiger partial charge in [-0.15, -0.1) is 0 Å². The number of carbonyl (C=O) groups excluding carboxylic acids is 1. The number of hydrogen-bond acceptors (Lipinski definition) is 3. The second kappa shape index (κ2) is 5.11. The molecule has 1 radical (unpaired) electrons. The third-order valence-corrected chi connectivity index (χ3v) is 2.10. The molecule has 0 aromatic heterocycles. The van der Waals surface area contributed by atoms with Crippen molar-refractivity contribution in [2.45, 2.75) is 19.5 Å². The summed E-state index contributed by atoms with van der Waals surface area (Å²) in [6.45, 7) is 5.36. The standard InChI is InChI=1S/C8H15N2O2/c1-2-8(9-7-11)10-3-5-12-6-4-10/h8H,2-6H2,1H3,(H,9,11). The van der Waals surface area contributed by atoms with E-state index in [9.17, 15) is 4.79 Å². The number of hydrogen-bond donors (Lipinski definition) is 1. The number of nitrogens with zero attached hydrogens (tertiary/aromatic N) is 1. The SMILES string of the molecule is CCC(N[C]=O)N1CCOCC1. The molecule has 1 rings (SSSR count). The lowest BCUT2D eigenvalue weighted by Gasteiger charge is -2.33. The number of nitrogens with one attached hydrogen (secondary N) is 1. The highest BCUT2D eigenvalue weighted by molar-refractivity contribution is 5.47. The summed E-state index contributed by atoms with van der Waals surface area (Å²) in [7, 11) is 0. The van der Waals surface area contributed by atoms with Crippen molar-refractivity contribution in [2.75, 3.05) is 26.3 Å². The van der Waals surface area contributed by atoms with Crippen LogP contribution in [-0.2, 0) is 9.53 Å². The van der Waals surface area contributed by atoms with Crippen molar-refractivity contribution in [3.8, 4) is 0 Å². The minimum Gasteiger partial charge on any atom is -0.379 e. The van der Waals surface area contributed by atoms with Crippen LogP contribution in [0.5, 0.6) is 0 Å². The van der Waals surface area contributed by atoms with Crippen molar-refractivity contribution >= 4 is 6.41 Å². The first-order chi connectivity index (χ1) is 5.88. The molecular formula is C8H15N2O2. The maximum Gasteiger partial charge on any atom is 0.310 e. The molecule has 4 nitrogen and oxygen atoms in total. The molecule has 12 heavy (non-hydrogen) atoms. The molecule has 1 aliphatic heterocycles. The average Bonchev–Trinajstić information content (AvgIpc) is 2.15. The lowest BCUT2D eigenvalue weighted by atomic mass is 10.3. The van der Waals surface area contributed by atoms with Crippen LogP contribution in [-0.4, -0.2) is 43.8 Å². The molecule has 1 fully saturated rings. The molecule has 0 spiro atoms. The minimum absolute atomic E-state index is 0.131. The number of morpholine rings is 1. The van der Waals surface area contributed by atoms with Crippen LogP contribution in [0.3, 0.4) is 0 Å². The molecule has 1 amide bonds. The number of rotatable bonds is 4. The molecule has 1 N–H and O–H groups in total. The molecule has 0 aromatic carbocycles. The van der Waals surface area contributed by atoms with Gasteiger partial charge in [-0.25, -0.2) is 0 Å². The molecule has 0 bridgehead atoms. The van der Waals surface area contributed by atoms with Crippen molar-refractivity contribution in [1.82, 2.24) is 10.2 Å². The lowest BCUT2D eigenvalue weighted by Crippen LogP contribution is -2.49. The van der Waals surface area contributed by atoms with Gasteiger partial charge < -0.3 is 10.1 Å². The first-order valence-corrected chi connectivity index (χ1v) is 4.33.